The fourth-order valence-electron chi connectivity index (χ4n) is 2.41. The highest BCUT2D eigenvalue weighted by Gasteiger charge is 2.10. The van der Waals surface area contributed by atoms with Gasteiger partial charge >= 0.3 is 0 Å². The van der Waals surface area contributed by atoms with E-state index < -0.39 is 5.91 Å². The molecule has 3 rings (SSSR count). The summed E-state index contributed by atoms with van der Waals surface area (Å²) in [5, 5.41) is 3.49. The van der Waals surface area contributed by atoms with Crippen molar-refractivity contribution in [3.8, 4) is 11.5 Å². The third kappa shape index (κ3) is 3.61. The van der Waals surface area contributed by atoms with Crippen molar-refractivity contribution in [2.24, 2.45) is 16.5 Å². The minimum Gasteiger partial charge on any atom is -0.457 e. The normalized spacial score (nSPS) is 11.5. The van der Waals surface area contributed by atoms with Crippen molar-refractivity contribution < 1.29 is 9.53 Å². The average Bonchev–Trinajstić information content (AvgIpc) is 3.05. The number of carbonyl (C=O) groups is 1. The van der Waals surface area contributed by atoms with Crippen molar-refractivity contribution in [3.05, 3.63) is 59.8 Å². The van der Waals surface area contributed by atoms with Gasteiger partial charge in [0.2, 0.25) is 0 Å². The van der Waals surface area contributed by atoms with Crippen LogP contribution in [0.1, 0.15) is 16.1 Å². The smallest absolute Gasteiger partial charge is 0.296 e. The molecule has 0 radical (unpaired) electrons. The maximum absolute atomic E-state index is 12.1. The number of rotatable bonds is 4. The Morgan fingerprint density at radius 2 is 2.04 bits per heavy atom. The number of guanidine groups is 1. The molecule has 7 heteroatoms. The van der Waals surface area contributed by atoms with Gasteiger partial charge in [-0.1, -0.05) is 18.2 Å². The fourth-order valence-corrected chi connectivity index (χ4v) is 2.41. The summed E-state index contributed by atoms with van der Waals surface area (Å²) < 4.78 is 5.92. The molecule has 6 N–H and O–H groups in total. The Bertz CT molecular complexity index is 946. The number of aromatic nitrogens is 1. The zero-order valence-electron chi connectivity index (χ0n) is 13.7. The number of aromatic amines is 1. The van der Waals surface area contributed by atoms with Gasteiger partial charge in [0, 0.05) is 36.1 Å². The summed E-state index contributed by atoms with van der Waals surface area (Å²) in [5.74, 6) is 0.969. The van der Waals surface area contributed by atoms with Crippen LogP contribution in [0.4, 0.5) is 0 Å². The zero-order valence-corrected chi connectivity index (χ0v) is 13.7. The van der Waals surface area contributed by atoms with E-state index in [0.717, 1.165) is 16.5 Å². The molecule has 0 spiro atoms. The molecule has 1 aromatic heterocycles. The van der Waals surface area contributed by atoms with Crippen LogP contribution in [0, 0.1) is 0 Å². The van der Waals surface area contributed by atoms with E-state index in [1.807, 2.05) is 42.5 Å². The zero-order chi connectivity index (χ0) is 17.8. The number of benzene rings is 2. The van der Waals surface area contributed by atoms with E-state index in [1.54, 1.807) is 13.1 Å². The highest BCUT2D eigenvalue weighted by molar-refractivity contribution is 6.04. The number of nitrogens with two attached hydrogens (primary N) is 2. The molecule has 0 aliphatic rings. The van der Waals surface area contributed by atoms with Crippen LogP contribution < -0.4 is 21.5 Å². The Morgan fingerprint density at radius 1 is 1.24 bits per heavy atom. The van der Waals surface area contributed by atoms with Gasteiger partial charge < -0.3 is 26.5 Å². The predicted octanol–water partition coefficient (Wildman–Crippen LogP) is 2.09. The lowest BCUT2D eigenvalue weighted by Crippen LogP contribution is -2.28. The topological polar surface area (TPSA) is 119 Å². The van der Waals surface area contributed by atoms with E-state index in [0.29, 0.717) is 23.7 Å². The van der Waals surface area contributed by atoms with Gasteiger partial charge in [0.1, 0.15) is 17.2 Å². The molecular weight excluding hydrogens is 318 g/mol. The van der Waals surface area contributed by atoms with Crippen LogP contribution in [0.5, 0.6) is 11.5 Å². The highest BCUT2D eigenvalue weighted by atomic mass is 16.5. The first kappa shape index (κ1) is 16.5. The van der Waals surface area contributed by atoms with Crippen LogP contribution in [0.15, 0.2) is 53.5 Å². The van der Waals surface area contributed by atoms with Crippen molar-refractivity contribution in [1.82, 2.24) is 10.3 Å². The number of amides is 1. The highest BCUT2D eigenvalue weighted by Crippen LogP contribution is 2.28. The number of hydrogen-bond acceptors (Lipinski definition) is 3. The summed E-state index contributed by atoms with van der Waals surface area (Å²) in [4.78, 5) is 18.8. The number of para-hydroxylation sites is 1. The predicted molar refractivity (Wildman–Crippen MR) is 97.7 cm³/mol. The van der Waals surface area contributed by atoms with Crippen molar-refractivity contribution in [2.45, 2.75) is 6.54 Å². The van der Waals surface area contributed by atoms with Crippen LogP contribution >= 0.6 is 0 Å². The van der Waals surface area contributed by atoms with E-state index >= 15 is 0 Å². The largest absolute Gasteiger partial charge is 0.457 e. The number of hydrogen-bond donors (Lipinski definition) is 4. The van der Waals surface area contributed by atoms with Gasteiger partial charge in [-0.25, -0.2) is 0 Å². The molecule has 0 atom stereocenters. The minimum absolute atomic E-state index is 0.0612. The molecule has 0 bridgehead atoms. The van der Waals surface area contributed by atoms with Gasteiger partial charge in [-0.05, 0) is 24.3 Å². The van der Waals surface area contributed by atoms with Crippen molar-refractivity contribution >= 4 is 22.8 Å². The number of aliphatic imine (C=N–C) groups is 1. The van der Waals surface area contributed by atoms with E-state index in [-0.39, 0.29) is 5.96 Å². The molecule has 25 heavy (non-hydrogen) atoms. The van der Waals surface area contributed by atoms with Crippen LogP contribution in [-0.2, 0) is 6.54 Å². The number of carbonyl (C=O) groups excluding carboxylic acids is 1. The summed E-state index contributed by atoms with van der Waals surface area (Å²) in [6, 6.07) is 14.8. The molecular formula is C18H19N5O2. The van der Waals surface area contributed by atoms with E-state index in [1.165, 1.54) is 0 Å². The second-order valence-corrected chi connectivity index (χ2v) is 5.40. The Hall–Kier alpha value is -3.32. The monoisotopic (exact) mass is 337 g/mol. The standard InChI is InChI=1S/C18H19N5O2/c1-21-18(20)23-17(24)15-8-11-6-7-13(9-14(11)22-15)25-16-5-3-2-4-12(16)10-19/h2-9,22H,10,19H2,1H3,(H3,20,21,23,24). The van der Waals surface area contributed by atoms with E-state index in [4.69, 9.17) is 16.2 Å². The van der Waals surface area contributed by atoms with E-state index in [9.17, 15) is 4.79 Å². The van der Waals surface area contributed by atoms with Crippen LogP contribution in [0.25, 0.3) is 10.9 Å². The minimum atomic E-state index is -0.445. The molecule has 0 saturated heterocycles. The third-order valence-corrected chi connectivity index (χ3v) is 3.72. The third-order valence-electron chi connectivity index (χ3n) is 3.72. The second kappa shape index (κ2) is 7.06. The Morgan fingerprint density at radius 3 is 2.80 bits per heavy atom. The maximum atomic E-state index is 12.1. The number of fused-ring (bicyclic) bond motifs is 1. The Balaban J connectivity index is 1.89. The lowest BCUT2D eigenvalue weighted by Gasteiger charge is -2.09. The van der Waals surface area contributed by atoms with Gasteiger partial charge in [-0.3, -0.25) is 4.79 Å². The van der Waals surface area contributed by atoms with E-state index in [2.05, 4.69) is 15.3 Å². The fraction of sp³-hybridized carbons (Fsp3) is 0.111. The number of nitrogens with zero attached hydrogens (tertiary/aromatic N) is 1. The van der Waals surface area contributed by atoms with Gasteiger partial charge in [0.05, 0.1) is 0 Å². The summed E-state index contributed by atoms with van der Waals surface area (Å²) >= 11 is 0. The molecule has 0 saturated carbocycles. The Kier molecular flexibility index (Phi) is 4.67. The average molecular weight is 337 g/mol. The van der Waals surface area contributed by atoms with Gasteiger partial charge in [0.25, 0.3) is 5.91 Å². The summed E-state index contributed by atoms with van der Waals surface area (Å²) in [7, 11) is 1.60. The van der Waals surface area contributed by atoms with Crippen molar-refractivity contribution in [2.75, 3.05) is 7.05 Å². The summed E-state index contributed by atoms with van der Waals surface area (Å²) in [6.07, 6.45) is 0. The summed E-state index contributed by atoms with van der Waals surface area (Å²) in [5.41, 5.74) is 13.3. The molecule has 7 nitrogen and oxygen atoms in total. The molecule has 128 valence electrons. The molecule has 1 amide bonds. The number of H-pyrrole nitrogens is 1. The first-order valence-electron chi connectivity index (χ1n) is 7.75. The van der Waals surface area contributed by atoms with Crippen LogP contribution in [-0.4, -0.2) is 23.9 Å². The molecule has 3 aromatic rings. The Labute approximate surface area is 144 Å². The SMILES string of the molecule is CNC(N)=NC(=O)c1cc2ccc(Oc3ccccc3CN)cc2[nH]1. The maximum Gasteiger partial charge on any atom is 0.296 e. The first-order chi connectivity index (χ1) is 12.1. The lowest BCUT2D eigenvalue weighted by atomic mass is 10.2. The molecule has 0 aliphatic heterocycles. The number of nitrogens with one attached hydrogen (secondary N) is 2. The first-order valence-corrected chi connectivity index (χ1v) is 7.75. The lowest BCUT2D eigenvalue weighted by molar-refractivity contribution is 0.0998. The van der Waals surface area contributed by atoms with Gasteiger partial charge in [-0.2, -0.15) is 4.99 Å². The number of ether oxygens (including phenoxy) is 1. The van der Waals surface area contributed by atoms with Crippen molar-refractivity contribution in [3.63, 3.8) is 0 Å². The second-order valence-electron chi connectivity index (χ2n) is 5.40. The molecule has 1 heterocycles. The molecule has 2 aromatic carbocycles. The van der Waals surface area contributed by atoms with Gasteiger partial charge in [0.15, 0.2) is 5.96 Å². The molecule has 0 aliphatic carbocycles. The summed E-state index contributed by atoms with van der Waals surface area (Å²) in [6.45, 7) is 0.393. The van der Waals surface area contributed by atoms with Gasteiger partial charge in [-0.15, -0.1) is 0 Å². The molecule has 0 unspecified atom stereocenters. The van der Waals surface area contributed by atoms with Crippen LogP contribution in [0.2, 0.25) is 0 Å². The van der Waals surface area contributed by atoms with Crippen LogP contribution in [0.3, 0.4) is 0 Å². The van der Waals surface area contributed by atoms with Crippen molar-refractivity contribution in [1.29, 1.82) is 0 Å². The molecule has 0 fully saturated rings. The quantitative estimate of drug-likeness (QED) is 0.429.